The molecule has 1 aromatic rings. The number of hydrogen-bond donors (Lipinski definition) is 2. The average molecular weight is 375 g/mol. The van der Waals surface area contributed by atoms with Crippen molar-refractivity contribution in [1.82, 2.24) is 15.2 Å². The van der Waals surface area contributed by atoms with Gasteiger partial charge < -0.3 is 20.3 Å². The highest BCUT2D eigenvalue weighted by molar-refractivity contribution is 5.90. The van der Waals surface area contributed by atoms with E-state index >= 15 is 0 Å². The van der Waals surface area contributed by atoms with Crippen molar-refractivity contribution in [1.29, 1.82) is 0 Å². The molecule has 1 aliphatic rings. The Balaban J connectivity index is 1.91. The third-order valence-electron chi connectivity index (χ3n) is 4.51. The average Bonchev–Trinajstić information content (AvgIpc) is 3.02. The van der Waals surface area contributed by atoms with Gasteiger partial charge in [-0.15, -0.1) is 0 Å². The fraction of sp³-hybridized carbons (Fsp3) is 0.579. The Labute approximate surface area is 160 Å². The molecule has 148 valence electrons. The summed E-state index contributed by atoms with van der Waals surface area (Å²) in [5.41, 5.74) is 0.851. The minimum absolute atomic E-state index is 0.130. The van der Waals surface area contributed by atoms with E-state index in [4.69, 9.17) is 4.74 Å². The summed E-state index contributed by atoms with van der Waals surface area (Å²) in [5, 5.41) is 6.01. The maximum atomic E-state index is 12.1. The first-order valence-electron chi connectivity index (χ1n) is 9.29. The molecule has 2 heterocycles. The van der Waals surface area contributed by atoms with Crippen molar-refractivity contribution in [2.45, 2.75) is 27.2 Å². The minimum atomic E-state index is -0.189. The van der Waals surface area contributed by atoms with E-state index in [1.807, 2.05) is 32.9 Å². The zero-order valence-electron chi connectivity index (χ0n) is 16.5. The van der Waals surface area contributed by atoms with Crippen LogP contribution in [0.15, 0.2) is 23.2 Å². The van der Waals surface area contributed by atoms with Crippen molar-refractivity contribution in [3.63, 3.8) is 0 Å². The maximum Gasteiger partial charge on any atom is 0.310 e. The lowest BCUT2D eigenvalue weighted by Crippen LogP contribution is -2.40. The van der Waals surface area contributed by atoms with Gasteiger partial charge in [0.2, 0.25) is 5.91 Å². The number of rotatable bonds is 6. The van der Waals surface area contributed by atoms with Crippen molar-refractivity contribution in [2.24, 2.45) is 16.8 Å². The number of amides is 1. The predicted octanol–water partition coefficient (Wildman–Crippen LogP) is 1.43. The Morgan fingerprint density at radius 2 is 2.15 bits per heavy atom. The van der Waals surface area contributed by atoms with E-state index in [2.05, 4.69) is 25.5 Å². The maximum absolute atomic E-state index is 12.1. The Hall–Kier alpha value is -2.64. The van der Waals surface area contributed by atoms with E-state index < -0.39 is 0 Å². The lowest BCUT2D eigenvalue weighted by Gasteiger charge is -2.21. The number of aromatic nitrogens is 1. The molecule has 1 aromatic heterocycles. The van der Waals surface area contributed by atoms with Gasteiger partial charge in [0.1, 0.15) is 5.82 Å². The van der Waals surface area contributed by atoms with Crippen LogP contribution in [0, 0.1) is 18.8 Å². The van der Waals surface area contributed by atoms with Crippen molar-refractivity contribution in [3.05, 3.63) is 23.9 Å². The summed E-state index contributed by atoms with van der Waals surface area (Å²) < 4.78 is 4.89. The molecule has 0 bridgehead atoms. The molecule has 0 spiro atoms. The number of pyridine rings is 1. The molecule has 0 aromatic carbocycles. The van der Waals surface area contributed by atoms with Crippen LogP contribution in [0.3, 0.4) is 0 Å². The molecule has 2 atom stereocenters. The minimum Gasteiger partial charge on any atom is -0.469 e. The zero-order chi connectivity index (χ0) is 19.8. The molecule has 0 aliphatic carbocycles. The summed E-state index contributed by atoms with van der Waals surface area (Å²) >= 11 is 0. The van der Waals surface area contributed by atoms with Crippen LogP contribution in [0.25, 0.3) is 0 Å². The number of anilines is 1. The molecule has 0 saturated carbocycles. The number of likely N-dealkylation sites (tertiary alicyclic amines) is 1. The molecule has 8 nitrogen and oxygen atoms in total. The summed E-state index contributed by atoms with van der Waals surface area (Å²) in [7, 11) is 1.42. The molecule has 1 aliphatic heterocycles. The zero-order valence-corrected chi connectivity index (χ0v) is 16.5. The highest BCUT2D eigenvalue weighted by Gasteiger charge is 2.36. The second-order valence-corrected chi connectivity index (χ2v) is 6.71. The smallest absolute Gasteiger partial charge is 0.310 e. The Morgan fingerprint density at radius 3 is 2.81 bits per heavy atom. The molecule has 1 amide bonds. The number of esters is 1. The summed E-state index contributed by atoms with van der Waals surface area (Å²) in [6.07, 6.45) is 0.258. The van der Waals surface area contributed by atoms with Gasteiger partial charge in [-0.05, 0) is 31.9 Å². The van der Waals surface area contributed by atoms with Gasteiger partial charge in [0, 0.05) is 31.7 Å². The molecule has 1 saturated heterocycles. The standard InChI is InChI=1S/C19H29N5O3/c1-5-20-19(24-11-13(2)15(12-24)18(26)27-4)21-10-9-17(25)23-16-8-6-7-14(3)22-16/h6-8,13,15H,5,9-12H2,1-4H3,(H,20,21)(H,22,23,25). The molecule has 0 radical (unpaired) electrons. The van der Waals surface area contributed by atoms with Crippen LogP contribution < -0.4 is 10.6 Å². The summed E-state index contributed by atoms with van der Waals surface area (Å²) in [6, 6.07) is 5.49. The van der Waals surface area contributed by atoms with E-state index in [0.717, 1.165) is 18.2 Å². The molecule has 2 N–H and O–H groups in total. The number of nitrogens with one attached hydrogen (secondary N) is 2. The highest BCUT2D eigenvalue weighted by Crippen LogP contribution is 2.24. The second-order valence-electron chi connectivity index (χ2n) is 6.71. The molecule has 2 rings (SSSR count). The van der Waals surface area contributed by atoms with Gasteiger partial charge in [-0.3, -0.25) is 14.6 Å². The van der Waals surface area contributed by atoms with Crippen molar-refractivity contribution in [2.75, 3.05) is 38.6 Å². The molecular weight excluding hydrogens is 346 g/mol. The van der Waals surface area contributed by atoms with Gasteiger partial charge in [0.05, 0.1) is 19.6 Å². The van der Waals surface area contributed by atoms with Crippen molar-refractivity contribution < 1.29 is 14.3 Å². The van der Waals surface area contributed by atoms with Gasteiger partial charge in [-0.2, -0.15) is 0 Å². The van der Waals surface area contributed by atoms with Crippen LogP contribution in [0.1, 0.15) is 26.0 Å². The molecule has 2 unspecified atom stereocenters. The lowest BCUT2D eigenvalue weighted by atomic mass is 9.99. The van der Waals surface area contributed by atoms with Crippen molar-refractivity contribution >= 4 is 23.7 Å². The van der Waals surface area contributed by atoms with E-state index in [0.29, 0.717) is 25.5 Å². The quantitative estimate of drug-likeness (QED) is 0.444. The number of carbonyl (C=O) groups is 2. The number of hydrogen-bond acceptors (Lipinski definition) is 5. The number of aliphatic imine (C=N–C) groups is 1. The topological polar surface area (TPSA) is 95.9 Å². The van der Waals surface area contributed by atoms with Gasteiger partial charge in [0.25, 0.3) is 0 Å². The highest BCUT2D eigenvalue weighted by atomic mass is 16.5. The van der Waals surface area contributed by atoms with E-state index in [1.54, 1.807) is 6.07 Å². The van der Waals surface area contributed by atoms with Crippen LogP contribution in [0.5, 0.6) is 0 Å². The monoisotopic (exact) mass is 375 g/mol. The third kappa shape index (κ3) is 5.94. The SMILES string of the molecule is CCNC(=NCCC(=O)Nc1cccc(C)n1)N1CC(C)C(C(=O)OC)C1. The van der Waals surface area contributed by atoms with Crippen molar-refractivity contribution in [3.8, 4) is 0 Å². The van der Waals surface area contributed by atoms with Gasteiger partial charge in [0.15, 0.2) is 5.96 Å². The first-order chi connectivity index (χ1) is 12.9. The van der Waals surface area contributed by atoms with E-state index in [-0.39, 0.29) is 30.1 Å². The first kappa shape index (κ1) is 20.7. The second kappa shape index (κ2) is 9.89. The Kier molecular flexibility index (Phi) is 7.57. The van der Waals surface area contributed by atoms with Gasteiger partial charge in [-0.25, -0.2) is 4.98 Å². The summed E-state index contributed by atoms with van der Waals surface area (Å²) in [5.74, 6) is 0.981. The first-order valence-corrected chi connectivity index (χ1v) is 9.29. The number of methoxy groups -OCH3 is 1. The third-order valence-corrected chi connectivity index (χ3v) is 4.51. The van der Waals surface area contributed by atoms with Crippen LogP contribution in [-0.2, 0) is 14.3 Å². The fourth-order valence-electron chi connectivity index (χ4n) is 3.11. The van der Waals surface area contributed by atoms with E-state index in [9.17, 15) is 9.59 Å². The normalized spacial score (nSPS) is 19.7. The number of nitrogens with zero attached hydrogens (tertiary/aromatic N) is 3. The molecular formula is C19H29N5O3. The van der Waals surface area contributed by atoms with Crippen LogP contribution in [0.2, 0.25) is 0 Å². The Morgan fingerprint density at radius 1 is 1.37 bits per heavy atom. The Bertz CT molecular complexity index is 692. The van der Waals surface area contributed by atoms with Gasteiger partial charge in [-0.1, -0.05) is 13.0 Å². The predicted molar refractivity (Wildman–Crippen MR) is 104 cm³/mol. The van der Waals surface area contributed by atoms with Gasteiger partial charge >= 0.3 is 5.97 Å². The molecule has 27 heavy (non-hydrogen) atoms. The van der Waals surface area contributed by atoms with Crippen LogP contribution in [0.4, 0.5) is 5.82 Å². The fourth-order valence-corrected chi connectivity index (χ4v) is 3.11. The summed E-state index contributed by atoms with van der Waals surface area (Å²) in [4.78, 5) is 34.8. The lowest BCUT2D eigenvalue weighted by molar-refractivity contribution is -0.146. The number of guanidine groups is 1. The van der Waals surface area contributed by atoms with E-state index in [1.165, 1.54) is 7.11 Å². The number of carbonyl (C=O) groups excluding carboxylic acids is 2. The van der Waals surface area contributed by atoms with Crippen LogP contribution >= 0.6 is 0 Å². The molecule has 8 heteroatoms. The largest absolute Gasteiger partial charge is 0.469 e. The number of aryl methyl sites for hydroxylation is 1. The van der Waals surface area contributed by atoms with Crippen LogP contribution in [-0.4, -0.2) is 61.0 Å². The summed E-state index contributed by atoms with van der Waals surface area (Å²) in [6.45, 7) is 8.27. The number of ether oxygens (including phenoxy) is 1. The molecule has 1 fully saturated rings.